The first-order valence-electron chi connectivity index (χ1n) is 24.8. The van der Waals surface area contributed by atoms with E-state index in [0.29, 0.717) is 82.2 Å². The molecule has 0 radical (unpaired) electrons. The van der Waals surface area contributed by atoms with E-state index in [2.05, 4.69) is 36.2 Å². The van der Waals surface area contributed by atoms with Crippen molar-refractivity contribution in [1.29, 1.82) is 0 Å². The van der Waals surface area contributed by atoms with Gasteiger partial charge < -0.3 is 50.4 Å². The Hall–Kier alpha value is -7.46. The maximum atomic E-state index is 12.2. The molecule has 0 bridgehead atoms. The van der Waals surface area contributed by atoms with Gasteiger partial charge in [-0.25, -0.2) is 28.9 Å². The van der Waals surface area contributed by atoms with Gasteiger partial charge in [-0.1, -0.05) is 24.3 Å². The number of rotatable bonds is 11. The highest BCUT2D eigenvalue weighted by molar-refractivity contribution is 5.94. The molecule has 4 amide bonds. The molecule has 2 saturated heterocycles. The third kappa shape index (κ3) is 11.2. The summed E-state index contributed by atoms with van der Waals surface area (Å²) in [7, 11) is 3.15. The van der Waals surface area contributed by atoms with Crippen molar-refractivity contribution in [2.45, 2.75) is 70.4 Å². The third-order valence-electron chi connectivity index (χ3n) is 13.8. The van der Waals surface area contributed by atoms with E-state index in [1.807, 2.05) is 71.0 Å². The standard InChI is InChI=1S/C26H33N7O4.C24H29N7O4/c1-3-37-24(34)18-6-10-20(11-7-18)33-23-21(16-28-33)22(30-25(31-23)32-12-14-36-15-13-32)17-4-8-19(9-5-17)29-26(35)27-2;1-25-24(34)27-17-6-2-15(3-7-17)20-19-14-26-31(18-8-4-16(5-9-18)22(32)33)21(19)29-23(28-20)30-10-12-35-13-11-30/h4-5,8-9,16,18,20H,3,6-7,10-15H2,1-2H3,(H2,27,29,35);2-3,6-7,14,16,18H,4-5,8-13H2,1H3,(H,32,33)(H2,25,27,34). The zero-order valence-electron chi connectivity index (χ0n) is 40.9. The molecule has 72 heavy (non-hydrogen) atoms. The van der Waals surface area contributed by atoms with E-state index in [1.54, 1.807) is 20.3 Å². The average molecular weight is 987 g/mol. The predicted molar refractivity (Wildman–Crippen MR) is 270 cm³/mol. The van der Waals surface area contributed by atoms with Crippen LogP contribution >= 0.6 is 0 Å². The molecule has 380 valence electrons. The molecule has 6 heterocycles. The van der Waals surface area contributed by atoms with E-state index in [1.165, 1.54) is 0 Å². The number of esters is 1. The van der Waals surface area contributed by atoms with Crippen molar-refractivity contribution in [1.82, 2.24) is 50.1 Å². The second-order valence-corrected chi connectivity index (χ2v) is 18.3. The Kier molecular flexibility index (Phi) is 15.6. The summed E-state index contributed by atoms with van der Waals surface area (Å²) in [6.45, 7) is 7.61. The third-order valence-corrected chi connectivity index (χ3v) is 13.8. The molecule has 22 heteroatoms. The largest absolute Gasteiger partial charge is 0.481 e. The van der Waals surface area contributed by atoms with Gasteiger partial charge in [0.1, 0.15) is 0 Å². The van der Waals surface area contributed by atoms with Gasteiger partial charge in [-0.3, -0.25) is 9.59 Å². The highest BCUT2D eigenvalue weighted by Crippen LogP contribution is 2.38. The number of morpholine rings is 2. The number of ether oxygens (including phenoxy) is 3. The topological polar surface area (TPSA) is 258 Å². The minimum absolute atomic E-state index is 0.0472. The monoisotopic (exact) mass is 986 g/mol. The van der Waals surface area contributed by atoms with Gasteiger partial charge in [0.05, 0.1) is 91.5 Å². The number of hydrogen-bond donors (Lipinski definition) is 5. The van der Waals surface area contributed by atoms with Crippen LogP contribution in [-0.2, 0) is 23.8 Å². The average Bonchev–Trinajstić information content (AvgIpc) is 4.07. The van der Waals surface area contributed by atoms with Crippen LogP contribution in [-0.4, -0.2) is 142 Å². The second kappa shape index (κ2) is 22.7. The van der Waals surface area contributed by atoms with Crippen LogP contribution in [0, 0.1) is 11.8 Å². The lowest BCUT2D eigenvalue weighted by molar-refractivity contribution is -0.149. The van der Waals surface area contributed by atoms with Crippen LogP contribution < -0.4 is 31.1 Å². The zero-order chi connectivity index (χ0) is 50.1. The summed E-state index contributed by atoms with van der Waals surface area (Å²) in [4.78, 5) is 71.0. The summed E-state index contributed by atoms with van der Waals surface area (Å²) in [5.74, 6) is 0.130. The number of anilines is 4. The normalized spacial score (nSPS) is 20.3. The van der Waals surface area contributed by atoms with Crippen LogP contribution in [0.2, 0.25) is 0 Å². The number of fused-ring (bicyclic) bond motifs is 2. The Morgan fingerprint density at radius 1 is 0.597 bits per heavy atom. The van der Waals surface area contributed by atoms with E-state index < -0.39 is 5.97 Å². The fraction of sp³-hybridized carbons (Fsp3) is 0.480. The fourth-order valence-corrected chi connectivity index (χ4v) is 9.81. The Morgan fingerprint density at radius 3 is 1.38 bits per heavy atom. The van der Waals surface area contributed by atoms with E-state index in [0.717, 1.165) is 96.2 Å². The first kappa shape index (κ1) is 49.5. The number of nitrogens with one attached hydrogen (secondary N) is 4. The van der Waals surface area contributed by atoms with Gasteiger partial charge in [0.2, 0.25) is 11.9 Å². The van der Waals surface area contributed by atoms with E-state index in [4.69, 9.17) is 39.2 Å². The van der Waals surface area contributed by atoms with Crippen molar-refractivity contribution in [2.24, 2.45) is 11.8 Å². The van der Waals surface area contributed by atoms with Gasteiger partial charge >= 0.3 is 24.0 Å². The van der Waals surface area contributed by atoms with Crippen molar-refractivity contribution >= 4 is 69.3 Å². The molecule has 4 aromatic heterocycles. The number of amides is 4. The molecule has 4 fully saturated rings. The van der Waals surface area contributed by atoms with Gasteiger partial charge in [-0.05, 0) is 82.6 Å². The number of hydrogen-bond acceptors (Lipinski definition) is 15. The quantitative estimate of drug-likeness (QED) is 0.0896. The second-order valence-electron chi connectivity index (χ2n) is 18.3. The fourth-order valence-electron chi connectivity index (χ4n) is 9.81. The number of benzene rings is 2. The summed E-state index contributed by atoms with van der Waals surface area (Å²) in [6.07, 6.45) is 9.64. The minimum Gasteiger partial charge on any atom is -0.481 e. The van der Waals surface area contributed by atoms with E-state index >= 15 is 0 Å². The van der Waals surface area contributed by atoms with Crippen molar-refractivity contribution in [3.8, 4) is 22.5 Å². The van der Waals surface area contributed by atoms with E-state index in [-0.39, 0.29) is 42.0 Å². The van der Waals surface area contributed by atoms with Crippen LogP contribution in [0.4, 0.5) is 32.9 Å². The molecule has 4 aliphatic rings. The maximum absolute atomic E-state index is 12.2. The van der Waals surface area contributed by atoms with Crippen LogP contribution in [0.3, 0.4) is 0 Å². The van der Waals surface area contributed by atoms with Crippen molar-refractivity contribution in [2.75, 3.05) is 93.7 Å². The van der Waals surface area contributed by atoms with Crippen LogP contribution in [0.15, 0.2) is 60.9 Å². The molecule has 2 aliphatic heterocycles. The lowest BCUT2D eigenvalue weighted by Gasteiger charge is -2.29. The van der Waals surface area contributed by atoms with Gasteiger partial charge in [0.15, 0.2) is 11.3 Å². The lowest BCUT2D eigenvalue weighted by Crippen LogP contribution is -2.37. The Balaban J connectivity index is 0.000000178. The summed E-state index contributed by atoms with van der Waals surface area (Å²) in [5, 5.41) is 31.2. The number of carbonyl (C=O) groups is 4. The maximum Gasteiger partial charge on any atom is 0.318 e. The van der Waals surface area contributed by atoms with Crippen LogP contribution in [0.1, 0.15) is 70.4 Å². The molecule has 0 atom stereocenters. The molecule has 10 rings (SSSR count). The number of carbonyl (C=O) groups excluding carboxylic acids is 3. The molecule has 22 nitrogen and oxygen atoms in total. The van der Waals surface area contributed by atoms with Gasteiger partial charge in [0, 0.05) is 62.8 Å². The summed E-state index contributed by atoms with van der Waals surface area (Å²) in [5.41, 5.74) is 6.28. The van der Waals surface area contributed by atoms with Crippen molar-refractivity contribution in [3.05, 3.63) is 60.9 Å². The smallest absolute Gasteiger partial charge is 0.318 e. The van der Waals surface area contributed by atoms with Crippen molar-refractivity contribution in [3.63, 3.8) is 0 Å². The Morgan fingerprint density at radius 2 is 1.00 bits per heavy atom. The van der Waals surface area contributed by atoms with Crippen LogP contribution in [0.5, 0.6) is 0 Å². The van der Waals surface area contributed by atoms with Crippen LogP contribution in [0.25, 0.3) is 44.6 Å². The first-order chi connectivity index (χ1) is 35.1. The summed E-state index contributed by atoms with van der Waals surface area (Å²) in [6, 6.07) is 14.8. The molecule has 0 unspecified atom stereocenters. The van der Waals surface area contributed by atoms with Gasteiger partial charge in [-0.15, -0.1) is 0 Å². The van der Waals surface area contributed by atoms with Gasteiger partial charge in [0.25, 0.3) is 0 Å². The Labute approximate surface area is 416 Å². The number of carboxylic acids is 1. The number of carboxylic acid groups (broad SMARTS) is 1. The van der Waals surface area contributed by atoms with Crippen molar-refractivity contribution < 1.29 is 38.5 Å². The summed E-state index contributed by atoms with van der Waals surface area (Å²) < 4.78 is 20.2. The SMILES string of the molecule is CCOC(=O)C1CCC(n2ncc3c(-c4ccc(NC(=O)NC)cc4)nc(N4CCOCC4)nc32)CC1.CNC(=O)Nc1ccc(-c2nc(N3CCOCC3)nc3c2cnn3C2CCC(C(=O)O)CC2)cc1. The molecule has 2 aromatic carbocycles. The number of urea groups is 2. The summed E-state index contributed by atoms with van der Waals surface area (Å²) >= 11 is 0. The highest BCUT2D eigenvalue weighted by atomic mass is 16.5. The Bertz CT molecular complexity index is 2850. The predicted octanol–water partition coefficient (Wildman–Crippen LogP) is 6.27. The number of aliphatic carboxylic acids is 1. The van der Waals surface area contributed by atoms with E-state index in [9.17, 15) is 24.3 Å². The molecule has 2 saturated carbocycles. The highest BCUT2D eigenvalue weighted by Gasteiger charge is 2.32. The number of nitrogens with zero attached hydrogens (tertiary/aromatic N) is 10. The molecule has 6 aromatic rings. The molecular weight excluding hydrogens is 925 g/mol. The molecule has 5 N–H and O–H groups in total. The first-order valence-corrected chi connectivity index (χ1v) is 24.8. The van der Waals surface area contributed by atoms with Gasteiger partial charge in [-0.2, -0.15) is 20.2 Å². The molecule has 0 spiro atoms. The minimum atomic E-state index is -0.720. The zero-order valence-corrected chi connectivity index (χ0v) is 40.9. The lowest BCUT2D eigenvalue weighted by atomic mass is 9.86. The molecular formula is C50H62N14O8. The number of aromatic nitrogens is 8. The molecule has 2 aliphatic carbocycles.